The predicted molar refractivity (Wildman–Crippen MR) is 116 cm³/mol. The fourth-order valence-electron chi connectivity index (χ4n) is 2.93. The quantitative estimate of drug-likeness (QED) is 0.351. The summed E-state index contributed by atoms with van der Waals surface area (Å²) in [5.74, 6) is 0.206. The third-order valence-electron chi connectivity index (χ3n) is 4.40. The Hall–Kier alpha value is -3.35. The Morgan fingerprint density at radius 3 is 2.57 bits per heavy atom. The van der Waals surface area contributed by atoms with Crippen LogP contribution in [0, 0.1) is 0 Å². The van der Waals surface area contributed by atoms with Crippen LogP contribution < -0.4 is 15.0 Å². The Morgan fingerprint density at radius 2 is 1.80 bits per heavy atom. The molecule has 0 unspecified atom stereocenters. The number of nitrogens with zero attached hydrogens (tertiary/aromatic N) is 1. The number of carbonyl (C=O) groups excluding carboxylic acids is 1. The van der Waals surface area contributed by atoms with Crippen molar-refractivity contribution in [3.05, 3.63) is 86.6 Å². The molecule has 1 heterocycles. The molecule has 8 heteroatoms. The summed E-state index contributed by atoms with van der Waals surface area (Å²) in [6, 6.07) is 16.4. The Morgan fingerprint density at radius 1 is 1.00 bits per heavy atom. The maximum atomic E-state index is 12.5. The summed E-state index contributed by atoms with van der Waals surface area (Å²) < 4.78 is 10.8. The van der Waals surface area contributed by atoms with Gasteiger partial charge in [0.05, 0.1) is 28.6 Å². The zero-order chi connectivity index (χ0) is 21.3. The van der Waals surface area contributed by atoms with E-state index in [-0.39, 0.29) is 21.9 Å². The van der Waals surface area contributed by atoms with Crippen molar-refractivity contribution < 1.29 is 14.3 Å². The number of esters is 1. The van der Waals surface area contributed by atoms with Crippen molar-refractivity contribution >= 4 is 40.1 Å². The minimum absolute atomic E-state index is 0.174. The maximum Gasteiger partial charge on any atom is 0.345 e. The van der Waals surface area contributed by atoms with Crippen LogP contribution in [0.5, 0.6) is 11.5 Å². The first-order valence-corrected chi connectivity index (χ1v) is 9.56. The van der Waals surface area contributed by atoms with Crippen LogP contribution in [0.3, 0.4) is 0 Å². The van der Waals surface area contributed by atoms with Crippen LogP contribution in [0.15, 0.2) is 65.5 Å². The highest BCUT2D eigenvalue weighted by molar-refractivity contribution is 6.36. The van der Waals surface area contributed by atoms with Crippen LogP contribution >= 0.6 is 23.2 Å². The van der Waals surface area contributed by atoms with Crippen LogP contribution in [0.2, 0.25) is 10.0 Å². The highest BCUT2D eigenvalue weighted by Crippen LogP contribution is 2.33. The zero-order valence-corrected chi connectivity index (χ0v) is 17.1. The SMILES string of the molecule is COc1cc(-c2nc3ccccc3c(=O)[nH]2)ccc1OC(=O)c1ccc(Cl)cc1Cl. The van der Waals surface area contributed by atoms with Gasteiger partial charge in [-0.1, -0.05) is 35.3 Å². The van der Waals surface area contributed by atoms with E-state index in [9.17, 15) is 9.59 Å². The molecule has 0 radical (unpaired) electrons. The molecule has 0 saturated heterocycles. The summed E-state index contributed by atoms with van der Waals surface area (Å²) in [4.78, 5) is 32.1. The molecule has 0 atom stereocenters. The monoisotopic (exact) mass is 440 g/mol. The number of hydrogen-bond acceptors (Lipinski definition) is 5. The summed E-state index contributed by atoms with van der Waals surface area (Å²) in [6.45, 7) is 0. The maximum absolute atomic E-state index is 12.5. The normalized spacial score (nSPS) is 10.8. The van der Waals surface area contributed by atoms with Crippen molar-refractivity contribution in [3.63, 3.8) is 0 Å². The third kappa shape index (κ3) is 3.87. The lowest BCUT2D eigenvalue weighted by Crippen LogP contribution is -2.11. The molecule has 4 rings (SSSR count). The van der Waals surface area contributed by atoms with E-state index in [2.05, 4.69) is 9.97 Å². The lowest BCUT2D eigenvalue weighted by Gasteiger charge is -2.12. The first-order chi connectivity index (χ1) is 14.5. The van der Waals surface area contributed by atoms with Gasteiger partial charge in [0, 0.05) is 10.6 Å². The van der Waals surface area contributed by atoms with E-state index in [1.54, 1.807) is 42.5 Å². The highest BCUT2D eigenvalue weighted by Gasteiger charge is 2.17. The van der Waals surface area contributed by atoms with Gasteiger partial charge in [-0.3, -0.25) is 4.79 Å². The molecular weight excluding hydrogens is 427 g/mol. The zero-order valence-electron chi connectivity index (χ0n) is 15.6. The number of methoxy groups -OCH3 is 1. The topological polar surface area (TPSA) is 81.3 Å². The Bertz CT molecular complexity index is 1330. The van der Waals surface area contributed by atoms with Gasteiger partial charge in [0.1, 0.15) is 5.82 Å². The minimum atomic E-state index is -0.653. The molecule has 4 aromatic rings. The smallest absolute Gasteiger partial charge is 0.345 e. The number of rotatable bonds is 4. The molecule has 0 aliphatic heterocycles. The molecule has 6 nitrogen and oxygen atoms in total. The molecule has 3 aromatic carbocycles. The number of hydrogen-bond donors (Lipinski definition) is 1. The van der Waals surface area contributed by atoms with Crippen LogP contribution in [-0.4, -0.2) is 23.0 Å². The van der Waals surface area contributed by atoms with Crippen molar-refractivity contribution in [2.24, 2.45) is 0 Å². The van der Waals surface area contributed by atoms with E-state index in [1.165, 1.54) is 19.2 Å². The number of carbonyl (C=O) groups is 1. The summed E-state index contributed by atoms with van der Waals surface area (Å²) in [7, 11) is 1.45. The average molecular weight is 441 g/mol. The Labute approximate surface area is 181 Å². The molecule has 0 aliphatic carbocycles. The largest absolute Gasteiger partial charge is 0.493 e. The van der Waals surface area contributed by atoms with Crippen molar-refractivity contribution in [3.8, 4) is 22.9 Å². The number of halogens is 2. The Balaban J connectivity index is 1.68. The number of fused-ring (bicyclic) bond motifs is 1. The van der Waals surface area contributed by atoms with Gasteiger partial charge in [-0.25, -0.2) is 9.78 Å². The third-order valence-corrected chi connectivity index (χ3v) is 4.95. The number of ether oxygens (including phenoxy) is 2. The lowest BCUT2D eigenvalue weighted by atomic mass is 10.1. The minimum Gasteiger partial charge on any atom is -0.493 e. The van der Waals surface area contributed by atoms with Gasteiger partial charge in [-0.2, -0.15) is 0 Å². The lowest BCUT2D eigenvalue weighted by molar-refractivity contribution is 0.0730. The number of benzene rings is 3. The van der Waals surface area contributed by atoms with Crippen LogP contribution in [0.25, 0.3) is 22.3 Å². The second-order valence-corrected chi connectivity index (χ2v) is 7.15. The molecule has 0 spiro atoms. The number of aromatic amines is 1. The van der Waals surface area contributed by atoms with Crippen LogP contribution in [0.4, 0.5) is 0 Å². The summed E-state index contributed by atoms with van der Waals surface area (Å²) in [5.41, 5.74) is 1.09. The fourth-order valence-corrected chi connectivity index (χ4v) is 3.42. The molecule has 0 aliphatic rings. The Kier molecular flexibility index (Phi) is 5.44. The second kappa shape index (κ2) is 8.18. The van der Waals surface area contributed by atoms with Crippen molar-refractivity contribution in [2.45, 2.75) is 0 Å². The molecule has 0 saturated carbocycles. The number of nitrogens with one attached hydrogen (secondary N) is 1. The van der Waals surface area contributed by atoms with Gasteiger partial charge in [-0.15, -0.1) is 0 Å². The predicted octanol–water partition coefficient (Wildman–Crippen LogP) is 5.12. The van der Waals surface area contributed by atoms with E-state index in [0.717, 1.165) is 0 Å². The molecule has 150 valence electrons. The summed E-state index contributed by atoms with van der Waals surface area (Å²) in [5, 5.41) is 1.09. The van der Waals surface area contributed by atoms with Crippen molar-refractivity contribution in [1.29, 1.82) is 0 Å². The van der Waals surface area contributed by atoms with Crippen LogP contribution in [0.1, 0.15) is 10.4 Å². The molecule has 1 N–H and O–H groups in total. The number of H-pyrrole nitrogens is 1. The van der Waals surface area contributed by atoms with Gasteiger partial charge in [-0.05, 0) is 48.5 Å². The van der Waals surface area contributed by atoms with E-state index in [1.807, 2.05) is 6.07 Å². The molecule has 0 bridgehead atoms. The number of para-hydroxylation sites is 1. The van der Waals surface area contributed by atoms with Gasteiger partial charge in [0.2, 0.25) is 0 Å². The van der Waals surface area contributed by atoms with Gasteiger partial charge in [0.15, 0.2) is 11.5 Å². The van der Waals surface area contributed by atoms with Crippen molar-refractivity contribution in [1.82, 2.24) is 9.97 Å². The molecule has 0 fully saturated rings. The van der Waals surface area contributed by atoms with E-state index < -0.39 is 5.97 Å². The molecule has 30 heavy (non-hydrogen) atoms. The van der Waals surface area contributed by atoms with Gasteiger partial charge >= 0.3 is 5.97 Å². The molecule has 0 amide bonds. The standard InChI is InChI=1S/C22H14Cl2N2O4/c1-29-19-10-12(20-25-17-5-3-2-4-15(17)21(27)26-20)6-9-18(19)30-22(28)14-8-7-13(23)11-16(14)24/h2-11H,1H3,(H,25,26,27). The average Bonchev–Trinajstić information content (AvgIpc) is 2.74. The van der Waals surface area contributed by atoms with E-state index in [4.69, 9.17) is 32.7 Å². The number of aromatic nitrogens is 2. The van der Waals surface area contributed by atoms with E-state index >= 15 is 0 Å². The van der Waals surface area contributed by atoms with E-state index in [0.29, 0.717) is 33.1 Å². The summed E-state index contributed by atoms with van der Waals surface area (Å²) in [6.07, 6.45) is 0. The first kappa shape index (κ1) is 19.9. The first-order valence-electron chi connectivity index (χ1n) is 8.81. The van der Waals surface area contributed by atoms with Crippen LogP contribution in [-0.2, 0) is 0 Å². The molecule has 1 aromatic heterocycles. The highest BCUT2D eigenvalue weighted by atomic mass is 35.5. The van der Waals surface area contributed by atoms with Crippen molar-refractivity contribution in [2.75, 3.05) is 7.11 Å². The molecular formula is C22H14Cl2N2O4. The fraction of sp³-hybridized carbons (Fsp3) is 0.0455. The summed E-state index contributed by atoms with van der Waals surface area (Å²) >= 11 is 11.9. The van der Waals surface area contributed by atoms with Gasteiger partial charge in [0.25, 0.3) is 5.56 Å². The second-order valence-electron chi connectivity index (χ2n) is 6.31. The van der Waals surface area contributed by atoms with Gasteiger partial charge < -0.3 is 14.5 Å².